The number of halogens is 3. The minimum Gasteiger partial charge on any atom is -0.479 e. The van der Waals surface area contributed by atoms with Crippen LogP contribution in [0.3, 0.4) is 0 Å². The van der Waals surface area contributed by atoms with Crippen molar-refractivity contribution in [1.29, 1.82) is 0 Å². The summed E-state index contributed by atoms with van der Waals surface area (Å²) in [7, 11) is 1.52. The first-order valence-corrected chi connectivity index (χ1v) is 9.38. The highest BCUT2D eigenvalue weighted by molar-refractivity contribution is 6.00. The van der Waals surface area contributed by atoms with Crippen LogP contribution in [0, 0.1) is 0 Å². The summed E-state index contributed by atoms with van der Waals surface area (Å²) >= 11 is 0. The van der Waals surface area contributed by atoms with Crippen molar-refractivity contribution in [2.75, 3.05) is 13.7 Å². The number of carboxylic acids is 1. The summed E-state index contributed by atoms with van der Waals surface area (Å²) in [5.74, 6) is -1.58. The number of carboxylic acid groups (broad SMARTS) is 1. The number of oxime groups is 1. The van der Waals surface area contributed by atoms with Gasteiger partial charge in [-0.2, -0.15) is 13.2 Å². The van der Waals surface area contributed by atoms with Gasteiger partial charge in [-0.1, -0.05) is 17.3 Å². The number of benzene rings is 1. The van der Waals surface area contributed by atoms with Gasteiger partial charge in [0.15, 0.2) is 6.10 Å². The molecule has 31 heavy (non-hydrogen) atoms. The van der Waals surface area contributed by atoms with Crippen LogP contribution in [0.1, 0.15) is 30.4 Å². The van der Waals surface area contributed by atoms with E-state index in [-0.39, 0.29) is 12.1 Å². The molecule has 4 N–H and O–H groups in total. The predicted octanol–water partition coefficient (Wildman–Crippen LogP) is 1.14. The fourth-order valence-corrected chi connectivity index (χ4v) is 2.89. The van der Waals surface area contributed by atoms with Crippen LogP contribution in [-0.4, -0.2) is 76.5 Å². The van der Waals surface area contributed by atoms with Crippen molar-refractivity contribution in [3.63, 3.8) is 0 Å². The Morgan fingerprint density at radius 3 is 2.29 bits per heavy atom. The molecule has 0 aromatic heterocycles. The van der Waals surface area contributed by atoms with Gasteiger partial charge in [0.25, 0.3) is 6.29 Å². The average Bonchev–Trinajstić information content (AvgIpc) is 2.72. The van der Waals surface area contributed by atoms with Gasteiger partial charge in [-0.3, -0.25) is 0 Å². The molecule has 0 radical (unpaired) electrons. The summed E-state index contributed by atoms with van der Waals surface area (Å²) in [6.45, 7) is 0.454. The van der Waals surface area contributed by atoms with Crippen LogP contribution in [0.15, 0.2) is 29.4 Å². The van der Waals surface area contributed by atoms with Gasteiger partial charge < -0.3 is 34.7 Å². The van der Waals surface area contributed by atoms with Crippen molar-refractivity contribution in [3.8, 4) is 0 Å². The van der Waals surface area contributed by atoms with Gasteiger partial charge in [-0.05, 0) is 37.0 Å². The molecule has 174 valence electrons. The minimum atomic E-state index is -4.51. The van der Waals surface area contributed by atoms with E-state index < -0.39 is 48.4 Å². The van der Waals surface area contributed by atoms with Crippen LogP contribution in [0.25, 0.3) is 0 Å². The highest BCUT2D eigenvalue weighted by atomic mass is 19.4. The van der Waals surface area contributed by atoms with Crippen LogP contribution < -0.4 is 0 Å². The molecule has 0 unspecified atom stereocenters. The number of methoxy groups -OCH3 is 1. The van der Waals surface area contributed by atoms with E-state index in [9.17, 15) is 33.3 Å². The first-order chi connectivity index (χ1) is 14.6. The van der Waals surface area contributed by atoms with E-state index in [1.54, 1.807) is 0 Å². The Morgan fingerprint density at radius 2 is 1.74 bits per heavy atom. The summed E-state index contributed by atoms with van der Waals surface area (Å²) in [5, 5.41) is 42.4. The first-order valence-electron chi connectivity index (χ1n) is 9.38. The van der Waals surface area contributed by atoms with Crippen LogP contribution >= 0.6 is 0 Å². The van der Waals surface area contributed by atoms with Gasteiger partial charge in [-0.25, -0.2) is 4.79 Å². The molecular formula is C19H24F3NO8. The van der Waals surface area contributed by atoms with Gasteiger partial charge in [0.2, 0.25) is 0 Å². The Morgan fingerprint density at radius 1 is 1.10 bits per heavy atom. The Hall–Kier alpha value is -2.25. The quantitative estimate of drug-likeness (QED) is 0.249. The lowest BCUT2D eigenvalue weighted by Gasteiger charge is -2.37. The summed E-state index contributed by atoms with van der Waals surface area (Å²) in [6.07, 6.45) is -12.2. The van der Waals surface area contributed by atoms with Gasteiger partial charge in [0.1, 0.15) is 18.3 Å². The topological polar surface area (TPSA) is 138 Å². The number of carbonyl (C=O) groups is 1. The van der Waals surface area contributed by atoms with Crippen molar-refractivity contribution in [2.45, 2.75) is 56.1 Å². The Kier molecular flexibility index (Phi) is 8.77. The lowest BCUT2D eigenvalue weighted by Crippen LogP contribution is -2.60. The standard InChI is InChI=1S/C19H24F3NO8/c1-29-9-3-2-4-12(10-5-7-11(8-6-10)19(20,21)22)23-31-18-15(26)13(24)14(25)16(30-18)17(27)28/h5-8,13-16,18,24-26H,2-4,9H2,1H3,(H,27,28)/b23-12-/t13-,14-,15+,16-,18-/m0/s1. The normalized spacial score (nSPS) is 27.2. The Balaban J connectivity index is 2.21. The van der Waals surface area contributed by atoms with Gasteiger partial charge in [-0.15, -0.1) is 0 Å². The zero-order valence-corrected chi connectivity index (χ0v) is 16.5. The van der Waals surface area contributed by atoms with Crippen LogP contribution in [0.5, 0.6) is 0 Å². The fraction of sp³-hybridized carbons (Fsp3) is 0.579. The van der Waals surface area contributed by atoms with E-state index in [1.807, 2.05) is 0 Å². The molecule has 0 saturated carbocycles. The van der Waals surface area contributed by atoms with E-state index in [1.165, 1.54) is 19.2 Å². The van der Waals surface area contributed by atoms with E-state index in [0.29, 0.717) is 25.0 Å². The average molecular weight is 451 g/mol. The van der Waals surface area contributed by atoms with Crippen LogP contribution in [0.2, 0.25) is 0 Å². The van der Waals surface area contributed by atoms with Crippen molar-refractivity contribution in [3.05, 3.63) is 35.4 Å². The molecule has 0 aliphatic carbocycles. The molecule has 1 aromatic carbocycles. The predicted molar refractivity (Wildman–Crippen MR) is 99.1 cm³/mol. The summed E-state index contributed by atoms with van der Waals surface area (Å²) < 4.78 is 48.4. The molecule has 12 heteroatoms. The van der Waals surface area contributed by atoms with Gasteiger partial charge in [0, 0.05) is 13.7 Å². The fourth-order valence-electron chi connectivity index (χ4n) is 2.89. The largest absolute Gasteiger partial charge is 0.479 e. The molecule has 0 amide bonds. The smallest absolute Gasteiger partial charge is 0.416 e. The number of unbranched alkanes of at least 4 members (excludes halogenated alkanes) is 1. The minimum absolute atomic E-state index is 0.216. The molecule has 1 aromatic rings. The number of rotatable bonds is 9. The summed E-state index contributed by atoms with van der Waals surface area (Å²) in [5.41, 5.74) is -0.317. The molecule has 0 spiro atoms. The van der Waals surface area contributed by atoms with Crippen LogP contribution in [-0.2, 0) is 25.3 Å². The maximum Gasteiger partial charge on any atom is 0.416 e. The van der Waals surface area contributed by atoms with E-state index in [2.05, 4.69) is 5.16 Å². The zero-order chi connectivity index (χ0) is 23.2. The van der Waals surface area contributed by atoms with Crippen molar-refractivity contribution in [2.24, 2.45) is 5.16 Å². The summed E-state index contributed by atoms with van der Waals surface area (Å²) in [6, 6.07) is 4.18. The lowest BCUT2D eigenvalue weighted by molar-refractivity contribution is -0.294. The highest BCUT2D eigenvalue weighted by Gasteiger charge is 2.48. The number of aliphatic carboxylic acids is 1. The molecule has 0 bridgehead atoms. The number of hydrogen-bond acceptors (Lipinski definition) is 8. The number of aliphatic hydroxyl groups excluding tert-OH is 3. The third-order valence-corrected chi connectivity index (χ3v) is 4.64. The molecule has 5 atom stereocenters. The molecule has 1 fully saturated rings. The van der Waals surface area contributed by atoms with E-state index in [0.717, 1.165) is 12.1 Å². The number of nitrogens with zero attached hydrogens (tertiary/aromatic N) is 1. The monoisotopic (exact) mass is 451 g/mol. The second-order valence-corrected chi connectivity index (χ2v) is 6.90. The third-order valence-electron chi connectivity index (χ3n) is 4.64. The molecule has 9 nitrogen and oxygen atoms in total. The molecule has 1 aliphatic rings. The third kappa shape index (κ3) is 6.61. The second-order valence-electron chi connectivity index (χ2n) is 6.90. The molecule has 1 heterocycles. The highest BCUT2D eigenvalue weighted by Crippen LogP contribution is 2.29. The first kappa shape index (κ1) is 25.0. The van der Waals surface area contributed by atoms with E-state index in [4.69, 9.17) is 19.4 Å². The maximum absolute atomic E-state index is 12.8. The van der Waals surface area contributed by atoms with Crippen LogP contribution in [0.4, 0.5) is 13.2 Å². The zero-order valence-electron chi connectivity index (χ0n) is 16.5. The van der Waals surface area contributed by atoms with Crippen molar-refractivity contribution < 1.29 is 52.7 Å². The maximum atomic E-state index is 12.8. The Labute approximate surface area is 175 Å². The SMILES string of the molecule is COCCCC/C(=N/O[C@@H]1O[C@H](C(=O)O)[C@@H](O)[C@H](O)[C@H]1O)c1ccc(C(F)(F)F)cc1. The number of hydrogen-bond donors (Lipinski definition) is 4. The van der Waals surface area contributed by atoms with Gasteiger partial charge >= 0.3 is 12.1 Å². The molecule has 1 aliphatic heterocycles. The number of ether oxygens (including phenoxy) is 2. The lowest BCUT2D eigenvalue weighted by atomic mass is 9.99. The Bertz CT molecular complexity index is 756. The second kappa shape index (κ2) is 10.9. The number of aliphatic hydroxyl groups is 3. The summed E-state index contributed by atoms with van der Waals surface area (Å²) in [4.78, 5) is 16.3. The molecule has 2 rings (SSSR count). The molecular weight excluding hydrogens is 427 g/mol. The molecule has 1 saturated heterocycles. The van der Waals surface area contributed by atoms with Crippen molar-refractivity contribution >= 4 is 11.7 Å². The van der Waals surface area contributed by atoms with Crippen molar-refractivity contribution in [1.82, 2.24) is 0 Å². The van der Waals surface area contributed by atoms with E-state index >= 15 is 0 Å². The van der Waals surface area contributed by atoms with Gasteiger partial charge in [0.05, 0.1) is 11.3 Å². The number of alkyl halides is 3.